The van der Waals surface area contributed by atoms with Crippen molar-refractivity contribution in [1.29, 1.82) is 0 Å². The van der Waals surface area contributed by atoms with Crippen LogP contribution in [0.2, 0.25) is 0 Å². The molecule has 0 spiro atoms. The Morgan fingerprint density at radius 1 is 1.21 bits per heavy atom. The van der Waals surface area contributed by atoms with Crippen LogP contribution in [0.25, 0.3) is 11.0 Å². The molecule has 1 saturated carbocycles. The van der Waals surface area contributed by atoms with E-state index >= 15 is 0 Å². The monoisotopic (exact) mass is 338 g/mol. The highest BCUT2D eigenvalue weighted by Gasteiger charge is 2.32. The molecule has 0 bridgehead atoms. The quantitative estimate of drug-likeness (QED) is 0.890. The van der Waals surface area contributed by atoms with E-state index in [2.05, 4.69) is 10.5 Å². The minimum absolute atomic E-state index is 0.0872. The average molecular weight is 338 g/mol. The zero-order chi connectivity index (χ0) is 16.7. The summed E-state index contributed by atoms with van der Waals surface area (Å²) in [6.07, 6.45) is 4.78. The van der Waals surface area contributed by atoms with Gasteiger partial charge in [0.15, 0.2) is 11.6 Å². The van der Waals surface area contributed by atoms with Gasteiger partial charge in [0.1, 0.15) is 12.5 Å². The predicted octanol–water partition coefficient (Wildman–Crippen LogP) is 3.34. The van der Waals surface area contributed by atoms with Crippen LogP contribution in [0.4, 0.5) is 14.6 Å². The largest absolute Gasteiger partial charge is 0.455 e. The van der Waals surface area contributed by atoms with Gasteiger partial charge in [-0.15, -0.1) is 0 Å². The van der Waals surface area contributed by atoms with E-state index in [-0.39, 0.29) is 28.9 Å². The maximum atomic E-state index is 14.2. The minimum atomic E-state index is -1.15. The molecule has 2 aromatic rings. The van der Waals surface area contributed by atoms with Gasteiger partial charge < -0.3 is 24.4 Å². The molecule has 0 unspecified atom stereocenters. The number of anilines is 1. The third-order valence-corrected chi connectivity index (χ3v) is 4.51. The summed E-state index contributed by atoms with van der Waals surface area (Å²) >= 11 is 0. The van der Waals surface area contributed by atoms with Crippen LogP contribution in [-0.2, 0) is 9.47 Å². The van der Waals surface area contributed by atoms with E-state index in [0.717, 1.165) is 12.8 Å². The second kappa shape index (κ2) is 5.62. The van der Waals surface area contributed by atoms with E-state index in [1.165, 1.54) is 18.6 Å². The summed E-state index contributed by atoms with van der Waals surface area (Å²) in [5.74, 6) is -2.01. The number of nitrogens with one attached hydrogen (secondary N) is 1. The number of ether oxygens (including phenoxy) is 2. The first-order valence-electron chi connectivity index (χ1n) is 7.77. The molecular formula is C16H16F2N2O4. The maximum Gasteiger partial charge on any atom is 0.269 e. The number of hydrogen-bond acceptors (Lipinski definition) is 6. The molecule has 128 valence electrons. The summed E-state index contributed by atoms with van der Waals surface area (Å²) in [7, 11) is 0. The lowest BCUT2D eigenvalue weighted by Crippen LogP contribution is -2.33. The lowest BCUT2D eigenvalue weighted by atomic mass is 10.0. The summed E-state index contributed by atoms with van der Waals surface area (Å²) in [6.45, 7) is 0.265. The van der Waals surface area contributed by atoms with Crippen LogP contribution >= 0.6 is 0 Å². The molecule has 1 fully saturated rings. The topological polar surface area (TPSA) is 76.8 Å². The van der Waals surface area contributed by atoms with E-state index in [1.54, 1.807) is 0 Å². The zero-order valence-electron chi connectivity index (χ0n) is 12.7. The van der Waals surface area contributed by atoms with Crippen LogP contribution in [0, 0.1) is 11.6 Å². The highest BCUT2D eigenvalue weighted by molar-refractivity contribution is 5.89. The van der Waals surface area contributed by atoms with Gasteiger partial charge in [-0.2, -0.15) is 4.39 Å². The van der Waals surface area contributed by atoms with Gasteiger partial charge >= 0.3 is 0 Å². The summed E-state index contributed by atoms with van der Waals surface area (Å²) in [6, 6.07) is 1.38. The number of fused-ring (bicyclic) bond motifs is 1. The van der Waals surface area contributed by atoms with Crippen molar-refractivity contribution in [3.63, 3.8) is 0 Å². The van der Waals surface area contributed by atoms with Crippen LogP contribution in [0.5, 0.6) is 0 Å². The number of halogens is 2. The molecule has 1 aromatic carbocycles. The van der Waals surface area contributed by atoms with Crippen molar-refractivity contribution >= 4 is 16.8 Å². The molecule has 2 N–H and O–H groups in total. The third-order valence-electron chi connectivity index (χ3n) is 4.51. The predicted molar refractivity (Wildman–Crippen MR) is 79.9 cm³/mol. The molecule has 6 nitrogen and oxygen atoms in total. The normalized spacial score (nSPS) is 19.6. The fourth-order valence-corrected chi connectivity index (χ4v) is 3.18. The highest BCUT2D eigenvalue weighted by atomic mass is 19.2. The van der Waals surface area contributed by atoms with Crippen LogP contribution < -0.4 is 5.32 Å². The smallest absolute Gasteiger partial charge is 0.269 e. The Bertz CT molecular complexity index is 791. The molecule has 0 radical (unpaired) electrons. The first-order valence-corrected chi connectivity index (χ1v) is 7.77. The van der Waals surface area contributed by atoms with Crippen LogP contribution in [0.1, 0.15) is 37.5 Å². The molecular weight excluding hydrogens is 322 g/mol. The van der Waals surface area contributed by atoms with Crippen molar-refractivity contribution in [2.45, 2.75) is 37.6 Å². The molecule has 0 amide bonds. The number of aliphatic hydroxyl groups is 1. The molecule has 1 aliphatic heterocycles. The van der Waals surface area contributed by atoms with Crippen molar-refractivity contribution in [3.8, 4) is 0 Å². The maximum absolute atomic E-state index is 14.2. The first-order chi connectivity index (χ1) is 11.6. The SMILES string of the molecule is OC1(CNc2noc3c(F)c(F)c(C4OC=CO4)cc23)CCCC1. The van der Waals surface area contributed by atoms with Crippen molar-refractivity contribution in [2.75, 3.05) is 11.9 Å². The van der Waals surface area contributed by atoms with Gasteiger partial charge in [0.2, 0.25) is 11.4 Å². The first kappa shape index (κ1) is 15.2. The number of benzene rings is 1. The van der Waals surface area contributed by atoms with E-state index < -0.39 is 23.5 Å². The molecule has 1 aromatic heterocycles. The zero-order valence-corrected chi connectivity index (χ0v) is 12.7. The Hall–Kier alpha value is -2.35. The number of nitrogens with zero attached hydrogens (tertiary/aromatic N) is 1. The second-order valence-electron chi connectivity index (χ2n) is 6.16. The summed E-state index contributed by atoms with van der Waals surface area (Å²) < 4.78 is 43.5. The lowest BCUT2D eigenvalue weighted by Gasteiger charge is -2.22. The Labute approximate surface area is 136 Å². The van der Waals surface area contributed by atoms with Gasteiger partial charge in [-0.05, 0) is 18.9 Å². The van der Waals surface area contributed by atoms with Crippen LogP contribution in [0.15, 0.2) is 23.1 Å². The van der Waals surface area contributed by atoms with Gasteiger partial charge in [-0.25, -0.2) is 4.39 Å². The van der Waals surface area contributed by atoms with Crippen molar-refractivity contribution < 1.29 is 27.9 Å². The van der Waals surface area contributed by atoms with Crippen molar-refractivity contribution in [2.24, 2.45) is 0 Å². The fraction of sp³-hybridized carbons (Fsp3) is 0.438. The van der Waals surface area contributed by atoms with Crippen LogP contribution in [-0.4, -0.2) is 22.4 Å². The molecule has 8 heteroatoms. The number of rotatable bonds is 4. The number of hydrogen-bond donors (Lipinski definition) is 2. The molecule has 1 aliphatic carbocycles. The Morgan fingerprint density at radius 3 is 2.62 bits per heavy atom. The van der Waals surface area contributed by atoms with E-state index in [1.807, 2.05) is 0 Å². The summed E-state index contributed by atoms with van der Waals surface area (Å²) in [5, 5.41) is 17.4. The van der Waals surface area contributed by atoms with Gasteiger partial charge in [-0.1, -0.05) is 18.0 Å². The summed E-state index contributed by atoms with van der Waals surface area (Å²) in [4.78, 5) is 0. The molecule has 0 atom stereocenters. The molecule has 24 heavy (non-hydrogen) atoms. The minimum Gasteiger partial charge on any atom is -0.455 e. The van der Waals surface area contributed by atoms with Crippen molar-refractivity contribution in [1.82, 2.24) is 5.16 Å². The Kier molecular flexibility index (Phi) is 3.56. The molecule has 2 heterocycles. The van der Waals surface area contributed by atoms with Crippen molar-refractivity contribution in [3.05, 3.63) is 35.8 Å². The van der Waals surface area contributed by atoms with E-state index in [4.69, 9.17) is 14.0 Å². The molecule has 0 saturated heterocycles. The van der Waals surface area contributed by atoms with Crippen LogP contribution in [0.3, 0.4) is 0 Å². The van der Waals surface area contributed by atoms with Gasteiger partial charge in [0, 0.05) is 6.54 Å². The van der Waals surface area contributed by atoms with Gasteiger partial charge in [0.05, 0.1) is 16.6 Å². The Morgan fingerprint density at radius 2 is 1.92 bits per heavy atom. The third kappa shape index (κ3) is 2.47. The van der Waals surface area contributed by atoms with Gasteiger partial charge in [-0.3, -0.25) is 0 Å². The number of aromatic nitrogens is 1. The fourth-order valence-electron chi connectivity index (χ4n) is 3.18. The van der Waals surface area contributed by atoms with Gasteiger partial charge in [0.25, 0.3) is 6.29 Å². The molecule has 2 aliphatic rings. The van der Waals surface area contributed by atoms with E-state index in [9.17, 15) is 13.9 Å². The Balaban J connectivity index is 1.66. The standard InChI is InChI=1S/C16H16F2N2O4/c17-11-9(15-22-5-6-23-15)7-10-13(12(11)18)24-20-14(10)19-8-16(21)3-1-2-4-16/h5-7,15,21H,1-4,8H2,(H,19,20). The molecule has 4 rings (SSSR count). The summed E-state index contributed by atoms with van der Waals surface area (Å²) in [5.41, 5.74) is -1.19. The lowest BCUT2D eigenvalue weighted by molar-refractivity contribution is -0.0274. The average Bonchev–Trinajstić information content (AvgIpc) is 3.30. The van der Waals surface area contributed by atoms with E-state index in [0.29, 0.717) is 12.8 Å². The highest BCUT2D eigenvalue weighted by Crippen LogP contribution is 2.35. The second-order valence-corrected chi connectivity index (χ2v) is 6.16.